The molecule has 3 atom stereocenters. The molecule has 0 aromatic heterocycles. The lowest BCUT2D eigenvalue weighted by molar-refractivity contribution is -0.141. The van der Waals surface area contributed by atoms with Crippen LogP contribution < -0.4 is 5.32 Å². The molecule has 1 aliphatic carbocycles. The number of carboxylic acid groups (broad SMARTS) is 1. The molecule has 0 heterocycles. The van der Waals surface area contributed by atoms with E-state index in [2.05, 4.69) is 5.32 Å². The maximum atomic E-state index is 11.9. The fourth-order valence-electron chi connectivity index (χ4n) is 2.21. The Morgan fingerprint density at radius 3 is 2.72 bits per heavy atom. The molecule has 2 N–H and O–H groups in total. The molecule has 1 rings (SSSR count). The fraction of sp³-hybridized carbons (Fsp3) is 0.833. The maximum absolute atomic E-state index is 11.9. The lowest BCUT2D eigenvalue weighted by Gasteiger charge is -2.25. The molecule has 0 aromatic carbocycles. The van der Waals surface area contributed by atoms with E-state index in [-0.39, 0.29) is 24.7 Å². The van der Waals surface area contributed by atoms with Gasteiger partial charge in [-0.05, 0) is 19.3 Å². The molecule has 2 amide bonds. The van der Waals surface area contributed by atoms with E-state index in [0.29, 0.717) is 0 Å². The number of rotatable bonds is 5. The van der Waals surface area contributed by atoms with E-state index in [0.717, 1.165) is 19.3 Å². The largest absolute Gasteiger partial charge is 0.481 e. The van der Waals surface area contributed by atoms with Crippen molar-refractivity contribution in [3.05, 3.63) is 0 Å². The summed E-state index contributed by atoms with van der Waals surface area (Å²) in [7, 11) is 3.25. The van der Waals surface area contributed by atoms with Gasteiger partial charge in [0.05, 0.1) is 18.1 Å². The van der Waals surface area contributed by atoms with Crippen molar-refractivity contribution >= 4 is 12.0 Å². The third-order valence-corrected chi connectivity index (χ3v) is 3.38. The van der Waals surface area contributed by atoms with E-state index in [1.807, 2.05) is 0 Å². The normalized spacial score (nSPS) is 24.6. The third-order valence-electron chi connectivity index (χ3n) is 3.38. The Kier molecular flexibility index (Phi) is 5.40. The van der Waals surface area contributed by atoms with Crippen molar-refractivity contribution in [1.29, 1.82) is 0 Å². The summed E-state index contributed by atoms with van der Waals surface area (Å²) < 4.78 is 5.30. The van der Waals surface area contributed by atoms with Gasteiger partial charge < -0.3 is 20.1 Å². The summed E-state index contributed by atoms with van der Waals surface area (Å²) in [4.78, 5) is 24.0. The topological polar surface area (TPSA) is 78.9 Å². The van der Waals surface area contributed by atoms with E-state index >= 15 is 0 Å². The average Bonchev–Trinajstić information content (AvgIpc) is 2.75. The second-order valence-electron chi connectivity index (χ2n) is 4.88. The van der Waals surface area contributed by atoms with E-state index in [4.69, 9.17) is 9.84 Å². The van der Waals surface area contributed by atoms with Crippen LogP contribution in [0.15, 0.2) is 0 Å². The predicted octanol–water partition coefficient (Wildman–Crippen LogP) is 0.916. The minimum absolute atomic E-state index is 0.0325. The summed E-state index contributed by atoms with van der Waals surface area (Å²) in [6.07, 6.45) is 2.97. The molecule has 0 bridgehead atoms. The molecular formula is C12H22N2O4. The summed E-state index contributed by atoms with van der Waals surface area (Å²) in [6, 6.07) is -0.206. The first-order valence-electron chi connectivity index (χ1n) is 6.23. The first-order chi connectivity index (χ1) is 8.45. The molecule has 3 unspecified atom stereocenters. The Morgan fingerprint density at radius 2 is 2.17 bits per heavy atom. The van der Waals surface area contributed by atoms with Gasteiger partial charge in [0.2, 0.25) is 0 Å². The highest BCUT2D eigenvalue weighted by atomic mass is 16.5. The number of amides is 2. The zero-order chi connectivity index (χ0) is 13.7. The van der Waals surface area contributed by atoms with Gasteiger partial charge in [0.15, 0.2) is 0 Å². The lowest BCUT2D eigenvalue weighted by atomic mass is 10.2. The molecule has 0 spiro atoms. The number of carbonyl (C=O) groups excluding carboxylic acids is 1. The number of hydrogen-bond donors (Lipinski definition) is 2. The third kappa shape index (κ3) is 3.87. The molecule has 6 nitrogen and oxygen atoms in total. The second kappa shape index (κ2) is 6.58. The standard InChI is InChI=1S/C12H22N2O4/c1-8(11(15)16)7-14(2)12(17)13-9-5-4-6-10(9)18-3/h8-10H,4-7H2,1-3H3,(H,13,17)(H,15,16). The first-order valence-corrected chi connectivity index (χ1v) is 6.23. The lowest BCUT2D eigenvalue weighted by Crippen LogP contribution is -2.48. The minimum Gasteiger partial charge on any atom is -0.481 e. The van der Waals surface area contributed by atoms with Crippen LogP contribution in [0.3, 0.4) is 0 Å². The monoisotopic (exact) mass is 258 g/mol. The fourth-order valence-corrected chi connectivity index (χ4v) is 2.21. The Hall–Kier alpha value is -1.30. The molecule has 1 aliphatic rings. The van der Waals surface area contributed by atoms with Crippen molar-refractivity contribution < 1.29 is 19.4 Å². The number of carboxylic acids is 1. The Bertz CT molecular complexity index is 308. The maximum Gasteiger partial charge on any atom is 0.317 e. The van der Waals surface area contributed by atoms with Gasteiger partial charge in [-0.25, -0.2) is 4.79 Å². The van der Waals surface area contributed by atoms with Crippen LogP contribution in [0.25, 0.3) is 0 Å². The van der Waals surface area contributed by atoms with Crippen molar-refractivity contribution in [2.75, 3.05) is 20.7 Å². The van der Waals surface area contributed by atoms with E-state index in [1.54, 1.807) is 21.1 Å². The summed E-state index contributed by atoms with van der Waals surface area (Å²) in [5.41, 5.74) is 0. The van der Waals surface area contributed by atoms with Crippen LogP contribution in [0.2, 0.25) is 0 Å². The summed E-state index contributed by atoms with van der Waals surface area (Å²) >= 11 is 0. The number of urea groups is 1. The summed E-state index contributed by atoms with van der Waals surface area (Å²) in [5, 5.41) is 11.7. The molecule has 1 saturated carbocycles. The summed E-state index contributed by atoms with van der Waals surface area (Å²) in [6.45, 7) is 1.78. The van der Waals surface area contributed by atoms with Gasteiger partial charge in [0.25, 0.3) is 0 Å². The molecule has 18 heavy (non-hydrogen) atoms. The molecule has 0 aromatic rings. The number of aliphatic carboxylic acids is 1. The van der Waals surface area contributed by atoms with Gasteiger partial charge in [-0.15, -0.1) is 0 Å². The molecule has 0 saturated heterocycles. The Balaban J connectivity index is 2.42. The van der Waals surface area contributed by atoms with Crippen molar-refractivity contribution in [2.45, 2.75) is 38.3 Å². The molecule has 0 aliphatic heterocycles. The van der Waals surface area contributed by atoms with Gasteiger partial charge in [0.1, 0.15) is 0 Å². The zero-order valence-electron chi connectivity index (χ0n) is 11.2. The summed E-state index contributed by atoms with van der Waals surface area (Å²) in [5.74, 6) is -1.46. The van der Waals surface area contributed by atoms with Crippen LogP contribution in [0.5, 0.6) is 0 Å². The highest BCUT2D eigenvalue weighted by Crippen LogP contribution is 2.21. The highest BCUT2D eigenvalue weighted by molar-refractivity contribution is 5.76. The number of hydrogen-bond acceptors (Lipinski definition) is 3. The molecule has 0 radical (unpaired) electrons. The zero-order valence-corrected chi connectivity index (χ0v) is 11.2. The van der Waals surface area contributed by atoms with E-state index < -0.39 is 11.9 Å². The molecular weight excluding hydrogens is 236 g/mol. The van der Waals surface area contributed by atoms with Crippen LogP contribution in [0, 0.1) is 5.92 Å². The van der Waals surface area contributed by atoms with E-state index in [9.17, 15) is 9.59 Å². The van der Waals surface area contributed by atoms with Gasteiger partial charge in [-0.1, -0.05) is 6.92 Å². The van der Waals surface area contributed by atoms with Gasteiger partial charge in [0, 0.05) is 20.7 Å². The molecule has 6 heteroatoms. The van der Waals surface area contributed by atoms with Crippen molar-refractivity contribution in [3.8, 4) is 0 Å². The van der Waals surface area contributed by atoms with Crippen molar-refractivity contribution in [1.82, 2.24) is 10.2 Å². The number of nitrogens with one attached hydrogen (secondary N) is 1. The number of nitrogens with zero attached hydrogens (tertiary/aromatic N) is 1. The SMILES string of the molecule is COC1CCCC1NC(=O)N(C)CC(C)C(=O)O. The highest BCUT2D eigenvalue weighted by Gasteiger charge is 2.29. The van der Waals surface area contributed by atoms with Crippen molar-refractivity contribution in [2.24, 2.45) is 5.92 Å². The average molecular weight is 258 g/mol. The Labute approximate surface area is 107 Å². The quantitative estimate of drug-likeness (QED) is 0.768. The number of methoxy groups -OCH3 is 1. The van der Waals surface area contributed by atoms with Crippen LogP contribution in [-0.4, -0.2) is 54.9 Å². The predicted molar refractivity (Wildman–Crippen MR) is 66.4 cm³/mol. The van der Waals surface area contributed by atoms with Crippen LogP contribution >= 0.6 is 0 Å². The number of ether oxygens (including phenoxy) is 1. The van der Waals surface area contributed by atoms with Crippen molar-refractivity contribution in [3.63, 3.8) is 0 Å². The van der Waals surface area contributed by atoms with E-state index in [1.165, 1.54) is 4.90 Å². The van der Waals surface area contributed by atoms with Crippen LogP contribution in [0.1, 0.15) is 26.2 Å². The number of carbonyl (C=O) groups is 2. The van der Waals surface area contributed by atoms with Gasteiger partial charge in [-0.2, -0.15) is 0 Å². The first kappa shape index (κ1) is 14.8. The van der Waals surface area contributed by atoms with Gasteiger partial charge >= 0.3 is 12.0 Å². The second-order valence-corrected chi connectivity index (χ2v) is 4.88. The van der Waals surface area contributed by atoms with Crippen LogP contribution in [0.4, 0.5) is 4.79 Å². The Morgan fingerprint density at radius 1 is 1.50 bits per heavy atom. The van der Waals surface area contributed by atoms with Crippen LogP contribution in [-0.2, 0) is 9.53 Å². The molecule has 1 fully saturated rings. The molecule has 104 valence electrons. The van der Waals surface area contributed by atoms with Gasteiger partial charge in [-0.3, -0.25) is 4.79 Å². The minimum atomic E-state index is -0.898. The smallest absolute Gasteiger partial charge is 0.317 e.